The first-order chi connectivity index (χ1) is 12.6. The molecule has 0 saturated heterocycles. The highest BCUT2D eigenvalue weighted by Gasteiger charge is 2.33. The molecule has 5 nitrogen and oxygen atoms in total. The fourth-order valence-electron chi connectivity index (χ4n) is 3.23. The van der Waals surface area contributed by atoms with Gasteiger partial charge in [-0.3, -0.25) is 9.29 Å². The third-order valence-electron chi connectivity index (χ3n) is 4.54. The number of aromatic nitrogens is 1. The van der Waals surface area contributed by atoms with Crippen LogP contribution in [-0.2, 0) is 16.4 Å². The largest absolute Gasteiger partial charge is 0.497 e. The third kappa shape index (κ3) is 2.72. The molecule has 132 valence electrons. The van der Waals surface area contributed by atoms with E-state index in [0.717, 1.165) is 11.1 Å². The molecular weight excluding hydrogens is 348 g/mol. The molecule has 26 heavy (non-hydrogen) atoms. The molecule has 0 saturated carbocycles. The van der Waals surface area contributed by atoms with Crippen LogP contribution < -0.4 is 9.04 Å². The van der Waals surface area contributed by atoms with Gasteiger partial charge in [0.25, 0.3) is 10.0 Å². The summed E-state index contributed by atoms with van der Waals surface area (Å²) >= 11 is 0. The van der Waals surface area contributed by atoms with Gasteiger partial charge in [-0.15, -0.1) is 0 Å². The van der Waals surface area contributed by atoms with Gasteiger partial charge in [0, 0.05) is 18.3 Å². The Kier molecular flexibility index (Phi) is 4.12. The normalized spacial score (nSPS) is 13.5. The monoisotopic (exact) mass is 366 g/mol. The van der Waals surface area contributed by atoms with E-state index in [-0.39, 0.29) is 4.90 Å². The van der Waals surface area contributed by atoms with Gasteiger partial charge in [-0.05, 0) is 42.3 Å². The number of rotatable bonds is 4. The van der Waals surface area contributed by atoms with E-state index in [9.17, 15) is 8.42 Å². The van der Waals surface area contributed by atoms with Gasteiger partial charge in [-0.2, -0.15) is 0 Å². The summed E-state index contributed by atoms with van der Waals surface area (Å²) in [5.41, 5.74) is 3.27. The van der Waals surface area contributed by atoms with Gasteiger partial charge in [0.1, 0.15) is 5.75 Å². The van der Waals surface area contributed by atoms with E-state index in [1.54, 1.807) is 37.6 Å². The average molecular weight is 366 g/mol. The molecule has 0 aliphatic carbocycles. The third-order valence-corrected chi connectivity index (χ3v) is 6.35. The van der Waals surface area contributed by atoms with E-state index in [4.69, 9.17) is 4.74 Å². The number of hydrogen-bond donors (Lipinski definition) is 0. The summed E-state index contributed by atoms with van der Waals surface area (Å²) in [6.07, 6.45) is 2.41. The van der Waals surface area contributed by atoms with Crippen LogP contribution in [0.25, 0.3) is 11.3 Å². The van der Waals surface area contributed by atoms with Crippen LogP contribution in [0, 0.1) is 0 Å². The fourth-order valence-corrected chi connectivity index (χ4v) is 4.74. The second kappa shape index (κ2) is 6.46. The molecule has 0 radical (unpaired) electrons. The zero-order valence-corrected chi connectivity index (χ0v) is 15.1. The van der Waals surface area contributed by atoms with Crippen molar-refractivity contribution in [2.45, 2.75) is 11.3 Å². The standard InChI is InChI=1S/C20H18N2O3S/c1-25-17-7-9-18(10-8-17)26(23,24)22-14-12-16-11-13-21-19(20(16)22)15-5-3-2-4-6-15/h2-11,13H,12,14H2,1H3. The van der Waals surface area contributed by atoms with E-state index in [0.29, 0.717) is 30.1 Å². The second-order valence-corrected chi connectivity index (χ2v) is 7.90. The van der Waals surface area contributed by atoms with Gasteiger partial charge in [-0.25, -0.2) is 8.42 Å². The van der Waals surface area contributed by atoms with Crippen molar-refractivity contribution < 1.29 is 13.2 Å². The van der Waals surface area contributed by atoms with Crippen molar-refractivity contribution in [2.75, 3.05) is 18.0 Å². The highest BCUT2D eigenvalue weighted by atomic mass is 32.2. The van der Waals surface area contributed by atoms with Crippen molar-refractivity contribution in [3.05, 3.63) is 72.4 Å². The summed E-state index contributed by atoms with van der Waals surface area (Å²) in [7, 11) is -2.12. The van der Waals surface area contributed by atoms with Crippen LogP contribution >= 0.6 is 0 Å². The van der Waals surface area contributed by atoms with Crippen LogP contribution in [0.15, 0.2) is 71.8 Å². The molecule has 1 aliphatic rings. The van der Waals surface area contributed by atoms with Crippen molar-refractivity contribution >= 4 is 15.7 Å². The van der Waals surface area contributed by atoms with Gasteiger partial charge in [0.2, 0.25) is 0 Å². The van der Waals surface area contributed by atoms with Crippen LogP contribution in [0.5, 0.6) is 5.75 Å². The summed E-state index contributed by atoms with van der Waals surface area (Å²) in [5, 5.41) is 0. The Balaban J connectivity index is 1.82. The summed E-state index contributed by atoms with van der Waals surface area (Å²) < 4.78 is 33.1. The lowest BCUT2D eigenvalue weighted by Gasteiger charge is -2.22. The van der Waals surface area contributed by atoms with E-state index >= 15 is 0 Å². The van der Waals surface area contributed by atoms with E-state index in [1.165, 1.54) is 4.31 Å². The first kappa shape index (κ1) is 16.6. The molecule has 1 aromatic heterocycles. The van der Waals surface area contributed by atoms with Crippen molar-refractivity contribution in [3.63, 3.8) is 0 Å². The quantitative estimate of drug-likeness (QED) is 0.709. The number of nitrogens with zero attached hydrogens (tertiary/aromatic N) is 2. The molecule has 0 spiro atoms. The lowest BCUT2D eigenvalue weighted by molar-refractivity contribution is 0.414. The number of sulfonamides is 1. The summed E-state index contributed by atoms with van der Waals surface area (Å²) in [6, 6.07) is 18.0. The van der Waals surface area contributed by atoms with Gasteiger partial charge in [0.15, 0.2) is 0 Å². The molecule has 0 unspecified atom stereocenters. The minimum atomic E-state index is -3.67. The minimum absolute atomic E-state index is 0.244. The van der Waals surface area contributed by atoms with Crippen molar-refractivity contribution in [3.8, 4) is 17.0 Å². The van der Waals surface area contributed by atoms with Crippen LogP contribution in [0.1, 0.15) is 5.56 Å². The SMILES string of the molecule is COc1ccc(S(=O)(=O)N2CCc3ccnc(-c4ccccc4)c32)cc1. The smallest absolute Gasteiger partial charge is 0.264 e. The molecule has 0 fully saturated rings. The predicted molar refractivity (Wildman–Crippen MR) is 101 cm³/mol. The molecule has 2 heterocycles. The molecule has 6 heteroatoms. The maximum Gasteiger partial charge on any atom is 0.264 e. The number of methoxy groups -OCH3 is 1. The fraction of sp³-hybridized carbons (Fsp3) is 0.150. The molecule has 0 N–H and O–H groups in total. The minimum Gasteiger partial charge on any atom is -0.497 e. The Hall–Kier alpha value is -2.86. The summed E-state index contributed by atoms with van der Waals surface area (Å²) in [6.45, 7) is 0.412. The van der Waals surface area contributed by atoms with Crippen LogP contribution in [0.2, 0.25) is 0 Å². The number of anilines is 1. The molecular formula is C20H18N2O3S. The first-order valence-corrected chi connectivity index (χ1v) is 9.75. The van der Waals surface area contributed by atoms with Crippen molar-refractivity contribution in [1.82, 2.24) is 4.98 Å². The Morgan fingerprint density at radius 2 is 1.73 bits per heavy atom. The topological polar surface area (TPSA) is 59.5 Å². The van der Waals surface area contributed by atoms with Gasteiger partial charge in [0.05, 0.1) is 23.4 Å². The molecule has 3 aromatic rings. The lowest BCUT2D eigenvalue weighted by atomic mass is 10.1. The van der Waals surface area contributed by atoms with Crippen molar-refractivity contribution in [2.24, 2.45) is 0 Å². The van der Waals surface area contributed by atoms with Gasteiger partial charge < -0.3 is 4.74 Å². The number of benzene rings is 2. The lowest BCUT2D eigenvalue weighted by Crippen LogP contribution is -2.29. The zero-order chi connectivity index (χ0) is 18.1. The second-order valence-electron chi connectivity index (χ2n) is 6.04. The summed E-state index contributed by atoms with van der Waals surface area (Å²) in [4.78, 5) is 4.72. The van der Waals surface area contributed by atoms with E-state index in [1.807, 2.05) is 36.4 Å². The maximum atomic E-state index is 13.2. The van der Waals surface area contributed by atoms with Crippen LogP contribution in [-0.4, -0.2) is 27.1 Å². The number of ether oxygens (including phenoxy) is 1. The first-order valence-electron chi connectivity index (χ1n) is 8.31. The molecule has 4 rings (SSSR count). The van der Waals surface area contributed by atoms with Crippen LogP contribution in [0.4, 0.5) is 5.69 Å². The van der Waals surface area contributed by atoms with E-state index < -0.39 is 10.0 Å². The zero-order valence-electron chi connectivity index (χ0n) is 14.3. The molecule has 0 bridgehead atoms. The van der Waals surface area contributed by atoms with Crippen molar-refractivity contribution in [1.29, 1.82) is 0 Å². The van der Waals surface area contributed by atoms with Crippen LogP contribution in [0.3, 0.4) is 0 Å². The molecule has 0 atom stereocenters. The van der Waals surface area contributed by atoms with E-state index in [2.05, 4.69) is 4.98 Å². The Bertz CT molecular complexity index is 1030. The van der Waals surface area contributed by atoms with Gasteiger partial charge >= 0.3 is 0 Å². The predicted octanol–water partition coefficient (Wildman–Crippen LogP) is 3.51. The molecule has 0 amide bonds. The number of fused-ring (bicyclic) bond motifs is 1. The average Bonchev–Trinajstić information content (AvgIpc) is 3.14. The maximum absolute atomic E-state index is 13.2. The number of hydrogen-bond acceptors (Lipinski definition) is 4. The van der Waals surface area contributed by atoms with Gasteiger partial charge in [-0.1, -0.05) is 30.3 Å². The number of pyridine rings is 1. The summed E-state index contributed by atoms with van der Waals surface area (Å²) in [5.74, 6) is 0.623. The Morgan fingerprint density at radius 3 is 2.42 bits per heavy atom. The Morgan fingerprint density at radius 1 is 1.00 bits per heavy atom. The molecule has 1 aliphatic heterocycles. The highest BCUT2D eigenvalue weighted by molar-refractivity contribution is 7.92. The Labute approximate surface area is 152 Å². The molecule has 2 aromatic carbocycles. The highest BCUT2D eigenvalue weighted by Crippen LogP contribution is 2.39.